The van der Waals surface area contributed by atoms with Gasteiger partial charge in [0.05, 0.1) is 6.42 Å². The second kappa shape index (κ2) is 17.4. The molecule has 0 saturated carbocycles. The third-order valence-electron chi connectivity index (χ3n) is 6.97. The molecule has 20 heteroatoms. The number of rotatable bonds is 19. The number of alkyl halides is 2. The molecule has 7 amide bonds. The Morgan fingerprint density at radius 2 is 1.36 bits per heavy atom. The molecule has 1 aromatic carbocycles. The number of nitrogens with two attached hydrogens (primary N) is 3. The minimum absolute atomic E-state index is 0.201. The zero-order chi connectivity index (χ0) is 36.3. The summed E-state index contributed by atoms with van der Waals surface area (Å²) in [5.41, 5.74) is 10.3. The van der Waals surface area contributed by atoms with Crippen molar-refractivity contribution in [1.29, 1.82) is 0 Å². The minimum Gasteiger partial charge on any atom is -0.370 e. The summed E-state index contributed by atoms with van der Waals surface area (Å²) in [6, 6.07) is -2.09. The van der Waals surface area contributed by atoms with Crippen LogP contribution in [0.15, 0.2) is 24.3 Å². The smallest absolute Gasteiger partial charge is 0.370 e. The second-order valence-electron chi connectivity index (χ2n) is 10.8. The summed E-state index contributed by atoms with van der Waals surface area (Å²) in [5, 5.41) is 9.39. The van der Waals surface area contributed by atoms with E-state index < -0.39 is 96.7 Å². The van der Waals surface area contributed by atoms with Crippen molar-refractivity contribution in [1.82, 2.24) is 21.3 Å². The Hall–Kier alpha value is -4.48. The van der Waals surface area contributed by atoms with E-state index in [4.69, 9.17) is 27.0 Å². The molecule has 47 heavy (non-hydrogen) atoms. The number of hydrogen-bond donors (Lipinski definition) is 9. The number of benzene rings is 1. The van der Waals surface area contributed by atoms with Gasteiger partial charge in [0.15, 0.2) is 0 Å². The lowest BCUT2D eigenvalue weighted by Gasteiger charge is -2.28. The van der Waals surface area contributed by atoms with Crippen LogP contribution in [-0.4, -0.2) is 75.3 Å². The van der Waals surface area contributed by atoms with E-state index in [-0.39, 0.29) is 24.8 Å². The first kappa shape index (κ1) is 40.5. The fraction of sp³-hybridized carbons (Fsp3) is 0.519. The van der Waals surface area contributed by atoms with Crippen molar-refractivity contribution in [3.05, 3.63) is 35.4 Å². The Bertz CT molecular complexity index is 1390. The van der Waals surface area contributed by atoms with Crippen LogP contribution >= 0.6 is 7.60 Å². The van der Waals surface area contributed by atoms with Crippen molar-refractivity contribution in [2.24, 2.45) is 23.1 Å². The van der Waals surface area contributed by atoms with Gasteiger partial charge in [0.1, 0.15) is 24.2 Å². The number of halogens is 2. The van der Waals surface area contributed by atoms with Gasteiger partial charge in [0, 0.05) is 25.3 Å². The van der Waals surface area contributed by atoms with Gasteiger partial charge >= 0.3 is 13.3 Å². The molecule has 1 rings (SSSR count). The second-order valence-corrected chi connectivity index (χ2v) is 12.5. The lowest BCUT2D eigenvalue weighted by atomic mass is 9.96. The normalized spacial score (nSPS) is 14.8. The average Bonchev–Trinajstić information content (AvgIpc) is 2.95. The number of carbonyl (C=O) groups excluding carboxylic acids is 7. The molecule has 1 aromatic rings. The van der Waals surface area contributed by atoms with E-state index in [9.17, 15) is 46.9 Å². The van der Waals surface area contributed by atoms with Gasteiger partial charge in [-0.25, -0.2) is 0 Å². The molecule has 262 valence electrons. The summed E-state index contributed by atoms with van der Waals surface area (Å²) in [6.07, 6.45) is -1.30. The predicted molar refractivity (Wildman–Crippen MR) is 160 cm³/mol. The maximum atomic E-state index is 14.0. The molecule has 0 unspecified atom stereocenters. The summed E-state index contributed by atoms with van der Waals surface area (Å²) in [6.45, 7) is 4.35. The van der Waals surface area contributed by atoms with Crippen LogP contribution in [0.4, 0.5) is 8.78 Å². The maximum Gasteiger partial charge on any atom is 0.399 e. The molecular weight excluding hydrogens is 651 g/mol. The molecule has 0 aromatic heterocycles. The summed E-state index contributed by atoms with van der Waals surface area (Å²) in [4.78, 5) is 104. The van der Waals surface area contributed by atoms with Gasteiger partial charge in [-0.2, -0.15) is 8.78 Å². The topological polar surface area (TPSA) is 303 Å². The molecule has 0 aliphatic heterocycles. The van der Waals surface area contributed by atoms with E-state index in [2.05, 4.69) is 21.3 Å². The summed E-state index contributed by atoms with van der Waals surface area (Å²) >= 11 is 0. The molecular formula is C27H40F2N7O10P. The number of amides is 7. The quantitative estimate of drug-likeness (QED) is 0.0725. The highest BCUT2D eigenvalue weighted by atomic mass is 31.2. The van der Waals surface area contributed by atoms with Crippen LogP contribution in [0.25, 0.3) is 0 Å². The van der Waals surface area contributed by atoms with Crippen LogP contribution in [0.1, 0.15) is 57.6 Å². The van der Waals surface area contributed by atoms with Crippen molar-refractivity contribution in [3.63, 3.8) is 0 Å². The molecule has 0 radical (unpaired) electrons. The highest BCUT2D eigenvalue weighted by Gasteiger charge is 2.50. The van der Waals surface area contributed by atoms with Crippen LogP contribution in [-0.2, 0) is 50.2 Å². The number of hydrogen-bond acceptors (Lipinski definition) is 8. The van der Waals surface area contributed by atoms with Crippen molar-refractivity contribution in [3.8, 4) is 0 Å². The molecule has 0 heterocycles. The Morgan fingerprint density at radius 1 is 0.830 bits per heavy atom. The first-order valence-electron chi connectivity index (χ1n) is 14.2. The van der Waals surface area contributed by atoms with E-state index in [1.807, 2.05) is 0 Å². The highest BCUT2D eigenvalue weighted by molar-refractivity contribution is 7.52. The van der Waals surface area contributed by atoms with E-state index in [0.29, 0.717) is 6.42 Å². The Labute approximate surface area is 268 Å². The molecule has 0 spiro atoms. The van der Waals surface area contributed by atoms with Crippen LogP contribution in [0.5, 0.6) is 0 Å². The lowest BCUT2D eigenvalue weighted by Crippen LogP contribution is -2.60. The largest absolute Gasteiger partial charge is 0.399 e. The monoisotopic (exact) mass is 691 g/mol. The Kier molecular flexibility index (Phi) is 15.0. The third-order valence-corrected chi connectivity index (χ3v) is 7.96. The van der Waals surface area contributed by atoms with Crippen molar-refractivity contribution >= 4 is 48.9 Å². The van der Waals surface area contributed by atoms with Crippen LogP contribution in [0.3, 0.4) is 0 Å². The molecule has 0 fully saturated rings. The minimum atomic E-state index is -5.83. The van der Waals surface area contributed by atoms with Gasteiger partial charge in [0.25, 0.3) is 0 Å². The zero-order valence-electron chi connectivity index (χ0n) is 25.8. The SMILES string of the molecule is CC[C@H](C)[C@H](NC(=O)[C@H](Cc1ccc(C(F)(F)P(=O)(O)O)cc1)NC(C)=O)C(=O)N[C@@H](CC(N)=O)C(=O)N[C@@H](CCC(N)=O)C(N)=O. The van der Waals surface area contributed by atoms with Crippen LogP contribution < -0.4 is 38.5 Å². The van der Waals surface area contributed by atoms with E-state index in [0.717, 1.165) is 31.2 Å². The van der Waals surface area contributed by atoms with Crippen molar-refractivity contribution in [2.75, 3.05) is 0 Å². The Morgan fingerprint density at radius 3 is 1.81 bits per heavy atom. The number of nitrogens with one attached hydrogen (secondary N) is 4. The van der Waals surface area contributed by atoms with Gasteiger partial charge < -0.3 is 48.3 Å². The molecule has 17 nitrogen and oxygen atoms in total. The van der Waals surface area contributed by atoms with Crippen molar-refractivity contribution < 1.29 is 56.7 Å². The number of primary amides is 3. The zero-order valence-corrected chi connectivity index (χ0v) is 26.7. The van der Waals surface area contributed by atoms with Gasteiger partial charge in [-0.3, -0.25) is 38.1 Å². The van der Waals surface area contributed by atoms with Gasteiger partial charge in [0.2, 0.25) is 41.4 Å². The summed E-state index contributed by atoms with van der Waals surface area (Å²) in [5.74, 6) is -7.00. The third kappa shape index (κ3) is 12.7. The first-order valence-corrected chi connectivity index (χ1v) is 15.8. The summed E-state index contributed by atoms with van der Waals surface area (Å²) in [7, 11) is -5.83. The lowest BCUT2D eigenvalue weighted by molar-refractivity contribution is -0.136. The molecule has 12 N–H and O–H groups in total. The van der Waals surface area contributed by atoms with Gasteiger partial charge in [-0.15, -0.1) is 0 Å². The van der Waals surface area contributed by atoms with Gasteiger partial charge in [-0.1, -0.05) is 44.5 Å². The maximum absolute atomic E-state index is 14.0. The fourth-order valence-electron chi connectivity index (χ4n) is 4.17. The first-order chi connectivity index (χ1) is 21.6. The van der Waals surface area contributed by atoms with Crippen LogP contribution in [0.2, 0.25) is 0 Å². The Balaban J connectivity index is 3.24. The average molecular weight is 692 g/mol. The number of carbonyl (C=O) groups is 7. The molecule has 0 aliphatic rings. The van der Waals surface area contributed by atoms with E-state index in [1.54, 1.807) is 13.8 Å². The molecule has 5 atom stereocenters. The predicted octanol–water partition coefficient (Wildman–Crippen LogP) is -1.91. The van der Waals surface area contributed by atoms with Gasteiger partial charge in [-0.05, 0) is 17.9 Å². The molecule has 0 saturated heterocycles. The van der Waals surface area contributed by atoms with Crippen LogP contribution in [0, 0.1) is 5.92 Å². The van der Waals surface area contributed by atoms with Crippen molar-refractivity contribution in [2.45, 2.75) is 82.7 Å². The fourth-order valence-corrected chi connectivity index (χ4v) is 4.66. The standard InChI is InChI=1S/C27H40F2N7O10P/c1-4-13(2)22(26(43)35-19(12-21(31)39)24(41)34-17(23(32)40)9-10-20(30)38)36-25(42)18(33-14(3)37)11-15-5-7-16(8-6-15)27(28,29)47(44,45)46/h5-8,13,17-19,22H,4,9-12H2,1-3H3,(H2,30,38)(H2,31,39)(H2,32,40)(H,33,37)(H,34,41)(H,35,43)(H,36,42)(H2,44,45,46)/t13-,17-,18-,19-,22-/m0/s1. The van der Waals surface area contributed by atoms with E-state index >= 15 is 0 Å². The summed E-state index contributed by atoms with van der Waals surface area (Å²) < 4.78 is 39.3. The van der Waals surface area contributed by atoms with E-state index in [1.165, 1.54) is 0 Å². The molecule has 0 bridgehead atoms. The highest BCUT2D eigenvalue weighted by Crippen LogP contribution is 2.59. The molecule has 0 aliphatic carbocycles.